The molecule has 3 aromatic rings. The fourth-order valence-electron chi connectivity index (χ4n) is 3.61. The Bertz CT molecular complexity index is 796. The van der Waals surface area contributed by atoms with Crippen molar-refractivity contribution >= 4 is 16.9 Å². The molecule has 1 aromatic carbocycles. The predicted molar refractivity (Wildman–Crippen MR) is 91.4 cm³/mol. The minimum absolute atomic E-state index is 0.451. The number of anilines is 1. The number of hydrogen-bond donors (Lipinski definition) is 1. The number of nitrogens with zero attached hydrogens (tertiary/aromatic N) is 4. The highest BCUT2D eigenvalue weighted by Gasteiger charge is 2.24. The standard InChI is InChI=1S/C18H21N5/c1-23-11-16-17(19-12-20-18(16)22-23)21-15-9-5-8-14(10-15)13-6-3-2-4-7-13/h2-4,6-7,11-12,14-15H,5,8-10H2,1H3,(H,19,20,21,22). The van der Waals surface area contributed by atoms with E-state index in [1.54, 1.807) is 11.0 Å². The summed E-state index contributed by atoms with van der Waals surface area (Å²) in [4.78, 5) is 8.67. The minimum atomic E-state index is 0.451. The van der Waals surface area contributed by atoms with E-state index in [1.165, 1.54) is 24.8 Å². The molecule has 0 amide bonds. The van der Waals surface area contributed by atoms with Crippen molar-refractivity contribution in [3.63, 3.8) is 0 Å². The van der Waals surface area contributed by atoms with E-state index >= 15 is 0 Å². The van der Waals surface area contributed by atoms with Gasteiger partial charge in [0.15, 0.2) is 5.65 Å². The molecule has 5 heteroatoms. The Morgan fingerprint density at radius 1 is 1.13 bits per heavy atom. The lowest BCUT2D eigenvalue weighted by Gasteiger charge is -2.30. The summed E-state index contributed by atoms with van der Waals surface area (Å²) in [6.07, 6.45) is 8.43. The fraction of sp³-hybridized carbons (Fsp3) is 0.389. The molecule has 23 heavy (non-hydrogen) atoms. The third-order valence-electron chi connectivity index (χ3n) is 4.72. The van der Waals surface area contributed by atoms with Crippen LogP contribution < -0.4 is 5.32 Å². The van der Waals surface area contributed by atoms with Crippen LogP contribution in [0.5, 0.6) is 0 Å². The van der Waals surface area contributed by atoms with Crippen LogP contribution in [0.3, 0.4) is 0 Å². The van der Waals surface area contributed by atoms with Crippen LogP contribution in [0, 0.1) is 0 Å². The molecule has 0 bridgehead atoms. The van der Waals surface area contributed by atoms with Crippen LogP contribution in [-0.4, -0.2) is 25.8 Å². The number of fused-ring (bicyclic) bond motifs is 1. The largest absolute Gasteiger partial charge is 0.367 e. The Balaban J connectivity index is 1.54. The Kier molecular flexibility index (Phi) is 3.69. The smallest absolute Gasteiger partial charge is 0.186 e. The topological polar surface area (TPSA) is 55.6 Å². The summed E-state index contributed by atoms with van der Waals surface area (Å²) in [6.45, 7) is 0. The maximum Gasteiger partial charge on any atom is 0.186 e. The van der Waals surface area contributed by atoms with Crippen LogP contribution in [0.4, 0.5) is 5.82 Å². The lowest BCUT2D eigenvalue weighted by Crippen LogP contribution is -2.27. The number of aryl methyl sites for hydroxylation is 1. The van der Waals surface area contributed by atoms with Gasteiger partial charge in [-0.3, -0.25) is 4.68 Å². The molecule has 1 fully saturated rings. The highest BCUT2D eigenvalue weighted by Crippen LogP contribution is 2.34. The molecule has 2 aromatic heterocycles. The molecule has 0 radical (unpaired) electrons. The van der Waals surface area contributed by atoms with Gasteiger partial charge in [0.05, 0.1) is 5.39 Å². The first-order valence-corrected chi connectivity index (χ1v) is 8.25. The van der Waals surface area contributed by atoms with Crippen LogP contribution in [0.2, 0.25) is 0 Å². The van der Waals surface area contributed by atoms with Crippen molar-refractivity contribution in [2.45, 2.75) is 37.6 Å². The van der Waals surface area contributed by atoms with E-state index in [0.717, 1.165) is 23.3 Å². The second kappa shape index (κ2) is 5.99. The average molecular weight is 307 g/mol. The van der Waals surface area contributed by atoms with Gasteiger partial charge < -0.3 is 5.32 Å². The quantitative estimate of drug-likeness (QED) is 0.804. The summed E-state index contributed by atoms with van der Waals surface area (Å²) in [5.41, 5.74) is 2.20. The Morgan fingerprint density at radius 3 is 2.87 bits per heavy atom. The van der Waals surface area contributed by atoms with Crippen LogP contribution in [0.1, 0.15) is 37.2 Å². The minimum Gasteiger partial charge on any atom is -0.367 e. The summed E-state index contributed by atoms with van der Waals surface area (Å²) in [7, 11) is 1.91. The highest BCUT2D eigenvalue weighted by atomic mass is 15.3. The first-order chi connectivity index (χ1) is 11.3. The Labute approximate surface area is 135 Å². The second-order valence-corrected chi connectivity index (χ2v) is 6.38. The van der Waals surface area contributed by atoms with Gasteiger partial charge in [0, 0.05) is 19.3 Å². The molecule has 1 aliphatic rings. The highest BCUT2D eigenvalue weighted by molar-refractivity contribution is 5.85. The zero-order valence-electron chi connectivity index (χ0n) is 13.3. The maximum atomic E-state index is 4.44. The molecule has 1 aliphatic carbocycles. The molecule has 2 heterocycles. The van der Waals surface area contributed by atoms with Crippen molar-refractivity contribution in [2.75, 3.05) is 5.32 Å². The van der Waals surface area contributed by atoms with Gasteiger partial charge in [-0.1, -0.05) is 36.8 Å². The summed E-state index contributed by atoms with van der Waals surface area (Å²) < 4.78 is 1.79. The van der Waals surface area contributed by atoms with E-state index < -0.39 is 0 Å². The fourth-order valence-corrected chi connectivity index (χ4v) is 3.61. The number of benzene rings is 1. The number of nitrogens with one attached hydrogen (secondary N) is 1. The zero-order chi connectivity index (χ0) is 15.6. The van der Waals surface area contributed by atoms with Gasteiger partial charge in [0.2, 0.25) is 0 Å². The molecule has 1 N–H and O–H groups in total. The van der Waals surface area contributed by atoms with Gasteiger partial charge in [-0.15, -0.1) is 0 Å². The van der Waals surface area contributed by atoms with Crippen LogP contribution in [-0.2, 0) is 7.05 Å². The molecule has 0 spiro atoms. The first kappa shape index (κ1) is 14.2. The van der Waals surface area contributed by atoms with Crippen molar-refractivity contribution in [1.82, 2.24) is 19.7 Å². The molecule has 0 saturated heterocycles. The number of aromatic nitrogens is 4. The Hall–Kier alpha value is -2.43. The third kappa shape index (κ3) is 2.91. The van der Waals surface area contributed by atoms with Crippen molar-refractivity contribution in [3.05, 3.63) is 48.4 Å². The molecule has 4 rings (SSSR count). The summed E-state index contributed by atoms with van der Waals surface area (Å²) in [6, 6.07) is 11.3. The van der Waals surface area contributed by atoms with E-state index in [9.17, 15) is 0 Å². The molecule has 1 saturated carbocycles. The van der Waals surface area contributed by atoms with Gasteiger partial charge in [0.25, 0.3) is 0 Å². The van der Waals surface area contributed by atoms with Crippen LogP contribution >= 0.6 is 0 Å². The van der Waals surface area contributed by atoms with Crippen molar-refractivity contribution in [3.8, 4) is 0 Å². The zero-order valence-corrected chi connectivity index (χ0v) is 13.3. The SMILES string of the molecule is Cn1cc2c(NC3CCCC(c4ccccc4)C3)ncnc2n1. The van der Waals surface area contributed by atoms with Crippen LogP contribution in [0.15, 0.2) is 42.9 Å². The summed E-state index contributed by atoms with van der Waals surface area (Å²) in [5, 5.41) is 8.98. The van der Waals surface area contributed by atoms with E-state index in [1.807, 2.05) is 13.2 Å². The van der Waals surface area contributed by atoms with Gasteiger partial charge in [-0.05, 0) is 30.7 Å². The van der Waals surface area contributed by atoms with Crippen molar-refractivity contribution < 1.29 is 0 Å². The average Bonchev–Trinajstić information content (AvgIpc) is 2.97. The molecule has 2 atom stereocenters. The predicted octanol–water partition coefficient (Wildman–Crippen LogP) is 3.50. The summed E-state index contributed by atoms with van der Waals surface area (Å²) in [5.74, 6) is 1.54. The van der Waals surface area contributed by atoms with E-state index in [2.05, 4.69) is 50.7 Å². The lowest BCUT2D eigenvalue weighted by molar-refractivity contribution is 0.410. The van der Waals surface area contributed by atoms with Gasteiger partial charge >= 0.3 is 0 Å². The monoisotopic (exact) mass is 307 g/mol. The number of hydrogen-bond acceptors (Lipinski definition) is 4. The van der Waals surface area contributed by atoms with Gasteiger partial charge in [-0.2, -0.15) is 5.10 Å². The van der Waals surface area contributed by atoms with Gasteiger partial charge in [0.1, 0.15) is 12.1 Å². The maximum absolute atomic E-state index is 4.44. The third-order valence-corrected chi connectivity index (χ3v) is 4.72. The molecule has 5 nitrogen and oxygen atoms in total. The van der Waals surface area contributed by atoms with Crippen molar-refractivity contribution in [2.24, 2.45) is 7.05 Å². The molecule has 2 unspecified atom stereocenters. The normalized spacial score (nSPS) is 21.4. The van der Waals surface area contributed by atoms with Crippen molar-refractivity contribution in [1.29, 1.82) is 0 Å². The second-order valence-electron chi connectivity index (χ2n) is 6.38. The molecule has 118 valence electrons. The number of rotatable bonds is 3. The first-order valence-electron chi connectivity index (χ1n) is 8.25. The van der Waals surface area contributed by atoms with E-state index in [-0.39, 0.29) is 0 Å². The van der Waals surface area contributed by atoms with E-state index in [4.69, 9.17) is 0 Å². The molecular formula is C18H21N5. The molecule has 0 aliphatic heterocycles. The molecular weight excluding hydrogens is 286 g/mol. The summed E-state index contributed by atoms with van der Waals surface area (Å²) >= 11 is 0. The van der Waals surface area contributed by atoms with Crippen LogP contribution in [0.25, 0.3) is 11.0 Å². The van der Waals surface area contributed by atoms with E-state index in [0.29, 0.717) is 12.0 Å². The van der Waals surface area contributed by atoms with Gasteiger partial charge in [-0.25, -0.2) is 9.97 Å². The lowest BCUT2D eigenvalue weighted by atomic mass is 9.81. The Morgan fingerprint density at radius 2 is 2.00 bits per heavy atom.